The molecule has 3 aromatic rings. The largest absolute Gasteiger partial charge is 0.343 e. The van der Waals surface area contributed by atoms with Crippen LogP contribution in [0.5, 0.6) is 0 Å². The second-order valence-corrected chi connectivity index (χ2v) is 6.03. The Kier molecular flexibility index (Phi) is 4.47. The van der Waals surface area contributed by atoms with Crippen LogP contribution in [0.4, 0.5) is 0 Å². The predicted octanol–water partition coefficient (Wildman–Crippen LogP) is 2.26. The van der Waals surface area contributed by atoms with E-state index in [-0.39, 0.29) is 18.0 Å². The summed E-state index contributed by atoms with van der Waals surface area (Å²) >= 11 is 1.48. The number of aromatic amines is 1. The van der Waals surface area contributed by atoms with E-state index in [0.717, 1.165) is 17.8 Å². The number of benzene rings is 1. The summed E-state index contributed by atoms with van der Waals surface area (Å²) in [5, 5.41) is 5.97. The van der Waals surface area contributed by atoms with Crippen LogP contribution < -0.4 is 10.9 Å². The summed E-state index contributed by atoms with van der Waals surface area (Å²) in [6, 6.07) is 7.10. The molecule has 0 fully saturated rings. The molecule has 0 bridgehead atoms. The quantitative estimate of drug-likeness (QED) is 0.752. The molecule has 2 N–H and O–H groups in total. The highest BCUT2D eigenvalue weighted by atomic mass is 32.1. The van der Waals surface area contributed by atoms with Gasteiger partial charge in [0.15, 0.2) is 0 Å². The molecule has 0 aliphatic rings. The number of nitrogens with zero attached hydrogens (tertiary/aromatic N) is 2. The van der Waals surface area contributed by atoms with Gasteiger partial charge in [-0.3, -0.25) is 9.59 Å². The Labute approximate surface area is 136 Å². The number of carbonyl (C=O) groups excluding carboxylic acids is 1. The van der Waals surface area contributed by atoms with Crippen LogP contribution in [0, 0.1) is 0 Å². The molecule has 0 unspecified atom stereocenters. The van der Waals surface area contributed by atoms with E-state index in [1.165, 1.54) is 11.3 Å². The smallest absolute Gasteiger partial charge is 0.271 e. The van der Waals surface area contributed by atoms with Crippen molar-refractivity contribution in [3.8, 4) is 0 Å². The van der Waals surface area contributed by atoms with Crippen LogP contribution in [0.3, 0.4) is 0 Å². The average Bonchev–Trinajstić information content (AvgIpc) is 3.02. The van der Waals surface area contributed by atoms with Crippen LogP contribution in [0.1, 0.15) is 34.7 Å². The maximum absolute atomic E-state index is 12.1. The number of fused-ring (bicyclic) bond motifs is 1. The second-order valence-electron chi connectivity index (χ2n) is 5.09. The fraction of sp³-hybridized carbons (Fsp3) is 0.250. The van der Waals surface area contributed by atoms with Gasteiger partial charge >= 0.3 is 0 Å². The molecule has 2 aromatic heterocycles. The first-order valence-corrected chi connectivity index (χ1v) is 8.26. The SMILES string of the molecule is CCCc1nc(C(=O)NCc2nc3ccccc3c(=O)[nH]2)cs1. The Hall–Kier alpha value is -2.54. The maximum Gasteiger partial charge on any atom is 0.271 e. The van der Waals surface area contributed by atoms with Gasteiger partial charge in [-0.25, -0.2) is 9.97 Å². The van der Waals surface area contributed by atoms with Crippen LogP contribution in [0.15, 0.2) is 34.4 Å². The highest BCUT2D eigenvalue weighted by Crippen LogP contribution is 2.12. The van der Waals surface area contributed by atoms with Gasteiger partial charge < -0.3 is 10.3 Å². The summed E-state index contributed by atoms with van der Waals surface area (Å²) in [6.07, 6.45) is 1.87. The van der Waals surface area contributed by atoms with Crippen molar-refractivity contribution in [1.82, 2.24) is 20.3 Å². The van der Waals surface area contributed by atoms with E-state index in [4.69, 9.17) is 0 Å². The fourth-order valence-electron chi connectivity index (χ4n) is 2.22. The van der Waals surface area contributed by atoms with Gasteiger partial charge in [0, 0.05) is 5.38 Å². The minimum absolute atomic E-state index is 0.152. The summed E-state index contributed by atoms with van der Waals surface area (Å²) in [5.74, 6) is 0.158. The summed E-state index contributed by atoms with van der Waals surface area (Å²) < 4.78 is 0. The molecule has 3 rings (SSSR count). The molecule has 0 radical (unpaired) electrons. The molecule has 0 saturated heterocycles. The maximum atomic E-state index is 12.1. The fourth-order valence-corrected chi connectivity index (χ4v) is 3.10. The summed E-state index contributed by atoms with van der Waals surface area (Å²) in [6.45, 7) is 2.22. The number of amides is 1. The molecule has 0 atom stereocenters. The third kappa shape index (κ3) is 3.45. The van der Waals surface area contributed by atoms with Crippen molar-refractivity contribution in [2.45, 2.75) is 26.3 Å². The summed E-state index contributed by atoms with van der Waals surface area (Å²) in [5.41, 5.74) is 0.805. The summed E-state index contributed by atoms with van der Waals surface area (Å²) in [7, 11) is 0. The van der Waals surface area contributed by atoms with E-state index < -0.39 is 0 Å². The van der Waals surface area contributed by atoms with E-state index in [0.29, 0.717) is 22.4 Å². The van der Waals surface area contributed by atoms with Gasteiger partial charge in [0.1, 0.15) is 11.5 Å². The van der Waals surface area contributed by atoms with Crippen LogP contribution in [-0.4, -0.2) is 20.9 Å². The molecule has 2 heterocycles. The van der Waals surface area contributed by atoms with Crippen molar-refractivity contribution in [3.63, 3.8) is 0 Å². The molecule has 0 spiro atoms. The molecule has 0 saturated carbocycles. The van der Waals surface area contributed by atoms with Gasteiger partial charge in [-0.05, 0) is 25.0 Å². The first kappa shape index (κ1) is 15.4. The van der Waals surface area contributed by atoms with Gasteiger partial charge in [-0.2, -0.15) is 0 Å². The van der Waals surface area contributed by atoms with Gasteiger partial charge in [0.05, 0.1) is 22.5 Å². The lowest BCUT2D eigenvalue weighted by atomic mass is 10.2. The van der Waals surface area contributed by atoms with E-state index in [2.05, 4.69) is 27.2 Å². The minimum Gasteiger partial charge on any atom is -0.343 e. The van der Waals surface area contributed by atoms with Gasteiger partial charge in [-0.15, -0.1) is 11.3 Å². The van der Waals surface area contributed by atoms with Crippen molar-refractivity contribution in [3.05, 3.63) is 56.5 Å². The van der Waals surface area contributed by atoms with E-state index >= 15 is 0 Å². The Morgan fingerprint density at radius 2 is 2.13 bits per heavy atom. The predicted molar refractivity (Wildman–Crippen MR) is 89.6 cm³/mol. The molecule has 23 heavy (non-hydrogen) atoms. The number of nitrogens with one attached hydrogen (secondary N) is 2. The van der Waals surface area contributed by atoms with Crippen LogP contribution >= 0.6 is 11.3 Å². The zero-order chi connectivity index (χ0) is 16.2. The first-order valence-electron chi connectivity index (χ1n) is 7.38. The number of hydrogen-bond donors (Lipinski definition) is 2. The van der Waals surface area contributed by atoms with Crippen molar-refractivity contribution in [2.75, 3.05) is 0 Å². The Balaban J connectivity index is 1.72. The number of para-hydroxylation sites is 1. The molecular formula is C16H16N4O2S. The Morgan fingerprint density at radius 1 is 1.30 bits per heavy atom. The average molecular weight is 328 g/mol. The monoisotopic (exact) mass is 328 g/mol. The molecule has 6 nitrogen and oxygen atoms in total. The van der Waals surface area contributed by atoms with Crippen molar-refractivity contribution < 1.29 is 4.79 Å². The standard InChI is InChI=1S/C16H16N4O2S/c1-2-5-14-19-12(9-23-14)16(22)17-8-13-18-11-7-4-3-6-10(11)15(21)20-13/h3-4,6-7,9H,2,5,8H2,1H3,(H,17,22)(H,18,20,21). The van der Waals surface area contributed by atoms with E-state index in [9.17, 15) is 9.59 Å². The lowest BCUT2D eigenvalue weighted by Crippen LogP contribution is -2.26. The van der Waals surface area contributed by atoms with Crippen LogP contribution in [0.25, 0.3) is 10.9 Å². The number of thiazole rings is 1. The normalized spacial score (nSPS) is 10.8. The molecule has 0 aliphatic carbocycles. The van der Waals surface area contributed by atoms with E-state index in [1.54, 1.807) is 23.6 Å². The van der Waals surface area contributed by atoms with Gasteiger partial charge in [0.25, 0.3) is 11.5 Å². The molecule has 7 heteroatoms. The first-order chi connectivity index (χ1) is 11.2. The topological polar surface area (TPSA) is 87.7 Å². The molecule has 0 aliphatic heterocycles. The number of carbonyl (C=O) groups is 1. The number of aryl methyl sites for hydroxylation is 1. The molecule has 118 valence electrons. The number of H-pyrrole nitrogens is 1. The van der Waals surface area contributed by atoms with E-state index in [1.807, 2.05) is 6.07 Å². The molecule has 1 amide bonds. The van der Waals surface area contributed by atoms with Crippen LogP contribution in [0.2, 0.25) is 0 Å². The number of rotatable bonds is 5. The van der Waals surface area contributed by atoms with Crippen molar-refractivity contribution in [2.24, 2.45) is 0 Å². The lowest BCUT2D eigenvalue weighted by Gasteiger charge is -2.04. The molecule has 1 aromatic carbocycles. The second kappa shape index (κ2) is 6.70. The third-order valence-electron chi connectivity index (χ3n) is 3.33. The third-order valence-corrected chi connectivity index (χ3v) is 4.24. The van der Waals surface area contributed by atoms with Gasteiger partial charge in [0.2, 0.25) is 0 Å². The van der Waals surface area contributed by atoms with Crippen LogP contribution in [-0.2, 0) is 13.0 Å². The van der Waals surface area contributed by atoms with Crippen molar-refractivity contribution >= 4 is 28.1 Å². The molecular weight excluding hydrogens is 312 g/mol. The Bertz CT molecular complexity index is 900. The lowest BCUT2D eigenvalue weighted by molar-refractivity contribution is 0.0945. The highest BCUT2D eigenvalue weighted by molar-refractivity contribution is 7.09. The minimum atomic E-state index is -0.264. The zero-order valence-electron chi connectivity index (χ0n) is 12.6. The number of hydrogen-bond acceptors (Lipinski definition) is 5. The Morgan fingerprint density at radius 3 is 2.96 bits per heavy atom. The highest BCUT2D eigenvalue weighted by Gasteiger charge is 2.11. The van der Waals surface area contributed by atoms with Crippen molar-refractivity contribution in [1.29, 1.82) is 0 Å². The zero-order valence-corrected chi connectivity index (χ0v) is 13.4. The number of aromatic nitrogens is 3. The van der Waals surface area contributed by atoms with Gasteiger partial charge in [-0.1, -0.05) is 19.1 Å². The summed E-state index contributed by atoms with van der Waals surface area (Å²) in [4.78, 5) is 35.4.